The van der Waals surface area contributed by atoms with E-state index in [0.29, 0.717) is 12.3 Å². The number of amides is 1. The Morgan fingerprint density at radius 1 is 1.19 bits per heavy atom. The van der Waals surface area contributed by atoms with Crippen LogP contribution in [0.25, 0.3) is 0 Å². The second-order valence-electron chi connectivity index (χ2n) is 7.96. The number of carbonyl (C=O) groups excluding carboxylic acids is 1. The van der Waals surface area contributed by atoms with Crippen molar-refractivity contribution in [3.8, 4) is 0 Å². The van der Waals surface area contributed by atoms with Crippen LogP contribution in [0.2, 0.25) is 0 Å². The maximum absolute atomic E-state index is 12.2. The summed E-state index contributed by atoms with van der Waals surface area (Å²) >= 11 is 1.89. The molecule has 2 saturated heterocycles. The zero-order valence-electron chi connectivity index (χ0n) is 17.1. The van der Waals surface area contributed by atoms with Gasteiger partial charge in [0.25, 0.3) is 0 Å². The Kier molecular flexibility index (Phi) is 7.06. The molecule has 2 fully saturated rings. The van der Waals surface area contributed by atoms with Gasteiger partial charge in [0, 0.05) is 47.3 Å². The first-order valence-corrected chi connectivity index (χ1v) is 10.8. The number of aliphatic carboxylic acids is 1. The van der Waals surface area contributed by atoms with E-state index in [1.165, 1.54) is 15.3 Å². The molecule has 168 valence electrons. The summed E-state index contributed by atoms with van der Waals surface area (Å²) in [5.74, 6) is -2.23. The molecule has 0 bridgehead atoms. The number of hydrogen-bond donors (Lipinski definition) is 2. The number of nitrogens with zero attached hydrogens (tertiary/aromatic N) is 1. The summed E-state index contributed by atoms with van der Waals surface area (Å²) in [6.45, 7) is 5.32. The Morgan fingerprint density at radius 2 is 1.81 bits per heavy atom. The van der Waals surface area contributed by atoms with Gasteiger partial charge in [-0.2, -0.15) is 13.2 Å². The van der Waals surface area contributed by atoms with Crippen LogP contribution >= 0.6 is 11.3 Å². The van der Waals surface area contributed by atoms with Gasteiger partial charge in [0.05, 0.1) is 0 Å². The second-order valence-corrected chi connectivity index (χ2v) is 9.34. The number of nitrogens with one attached hydrogen (secondary N) is 1. The van der Waals surface area contributed by atoms with Gasteiger partial charge in [-0.3, -0.25) is 9.69 Å². The summed E-state index contributed by atoms with van der Waals surface area (Å²) < 4.78 is 31.7. The number of carbonyl (C=O) groups is 2. The summed E-state index contributed by atoms with van der Waals surface area (Å²) in [5.41, 5.74) is 1.26. The van der Waals surface area contributed by atoms with E-state index in [4.69, 9.17) is 9.90 Å². The molecule has 1 aromatic carbocycles. The van der Waals surface area contributed by atoms with Crippen LogP contribution < -0.4 is 5.32 Å². The molecular formula is C22H25F3N2O3S. The quantitative estimate of drug-likeness (QED) is 0.725. The Bertz CT molecular complexity index is 906. The molecule has 0 aliphatic carbocycles. The number of carboxylic acids is 1. The van der Waals surface area contributed by atoms with Gasteiger partial charge in [-0.05, 0) is 37.5 Å². The van der Waals surface area contributed by atoms with Crippen LogP contribution in [-0.4, -0.2) is 46.7 Å². The van der Waals surface area contributed by atoms with Crippen LogP contribution in [0.1, 0.15) is 40.5 Å². The molecule has 2 aliphatic rings. The number of thiophene rings is 1. The van der Waals surface area contributed by atoms with E-state index in [-0.39, 0.29) is 11.4 Å². The van der Waals surface area contributed by atoms with E-state index in [2.05, 4.69) is 53.5 Å². The fraction of sp³-hybridized carbons (Fsp3) is 0.455. The van der Waals surface area contributed by atoms with E-state index in [9.17, 15) is 18.0 Å². The molecule has 1 amide bonds. The average molecular weight is 455 g/mol. The fourth-order valence-electron chi connectivity index (χ4n) is 4.29. The smallest absolute Gasteiger partial charge is 0.475 e. The second kappa shape index (κ2) is 9.40. The van der Waals surface area contributed by atoms with E-state index >= 15 is 0 Å². The van der Waals surface area contributed by atoms with Gasteiger partial charge in [-0.25, -0.2) is 4.79 Å². The zero-order valence-corrected chi connectivity index (χ0v) is 17.9. The van der Waals surface area contributed by atoms with Crippen molar-refractivity contribution in [1.29, 1.82) is 0 Å². The van der Waals surface area contributed by atoms with Gasteiger partial charge in [-0.1, -0.05) is 30.3 Å². The summed E-state index contributed by atoms with van der Waals surface area (Å²) in [6.07, 6.45) is -2.36. The lowest BCUT2D eigenvalue weighted by Crippen LogP contribution is -2.53. The molecule has 1 spiro atoms. The average Bonchev–Trinajstić information content (AvgIpc) is 3.27. The minimum absolute atomic E-state index is 0.0414. The van der Waals surface area contributed by atoms with Crippen molar-refractivity contribution in [3.63, 3.8) is 0 Å². The minimum Gasteiger partial charge on any atom is -0.475 e. The van der Waals surface area contributed by atoms with Gasteiger partial charge in [-0.15, -0.1) is 11.3 Å². The van der Waals surface area contributed by atoms with Gasteiger partial charge in [0.1, 0.15) is 0 Å². The molecule has 1 aromatic heterocycles. The highest BCUT2D eigenvalue weighted by Gasteiger charge is 2.48. The number of rotatable bonds is 3. The lowest BCUT2D eigenvalue weighted by Gasteiger charge is -2.43. The first-order chi connectivity index (χ1) is 14.6. The monoisotopic (exact) mass is 454 g/mol. The van der Waals surface area contributed by atoms with Crippen molar-refractivity contribution in [2.45, 2.75) is 50.4 Å². The summed E-state index contributed by atoms with van der Waals surface area (Å²) in [4.78, 5) is 26.4. The summed E-state index contributed by atoms with van der Waals surface area (Å²) in [6, 6.07) is 15.0. The maximum Gasteiger partial charge on any atom is 0.490 e. The highest BCUT2D eigenvalue weighted by molar-refractivity contribution is 7.11. The third kappa shape index (κ3) is 5.86. The van der Waals surface area contributed by atoms with Crippen molar-refractivity contribution < 1.29 is 27.9 Å². The lowest BCUT2D eigenvalue weighted by atomic mass is 9.74. The first-order valence-electron chi connectivity index (χ1n) is 10.0. The summed E-state index contributed by atoms with van der Waals surface area (Å²) in [7, 11) is 0. The molecular weight excluding hydrogens is 429 g/mol. The predicted octanol–water partition coefficient (Wildman–Crippen LogP) is 4.33. The molecule has 2 N–H and O–H groups in total. The molecule has 3 heterocycles. The van der Waals surface area contributed by atoms with Crippen molar-refractivity contribution in [1.82, 2.24) is 10.2 Å². The summed E-state index contributed by atoms with van der Waals surface area (Å²) in [5, 5.41) is 10.5. The topological polar surface area (TPSA) is 69.6 Å². The van der Waals surface area contributed by atoms with E-state index in [1.807, 2.05) is 17.4 Å². The number of benzene rings is 1. The fourth-order valence-corrected chi connectivity index (χ4v) is 5.23. The number of alkyl halides is 3. The number of piperidine rings is 1. The highest BCUT2D eigenvalue weighted by Crippen LogP contribution is 2.43. The molecule has 2 aliphatic heterocycles. The Morgan fingerprint density at radius 3 is 2.32 bits per heavy atom. The van der Waals surface area contributed by atoms with E-state index in [1.54, 1.807) is 0 Å². The normalized spacial score (nSPS) is 20.8. The van der Waals surface area contributed by atoms with Crippen molar-refractivity contribution in [2.24, 2.45) is 0 Å². The van der Waals surface area contributed by atoms with Crippen LogP contribution in [0.4, 0.5) is 13.2 Å². The first kappa shape index (κ1) is 23.3. The number of halogens is 3. The third-order valence-corrected chi connectivity index (χ3v) is 6.80. The molecule has 1 atom stereocenters. The van der Waals surface area contributed by atoms with Gasteiger partial charge >= 0.3 is 12.1 Å². The van der Waals surface area contributed by atoms with Crippen LogP contribution in [0.5, 0.6) is 0 Å². The maximum atomic E-state index is 12.2. The molecule has 0 radical (unpaired) electrons. The molecule has 31 heavy (non-hydrogen) atoms. The number of hydrogen-bond acceptors (Lipinski definition) is 4. The molecule has 4 rings (SSSR count). The third-order valence-electron chi connectivity index (χ3n) is 5.81. The standard InChI is InChI=1S/C20H24N2OS.C2HF3O2/c1-15-7-8-17(24-15)14-22-11-9-20(10-12-22)18(13-19(23)21-20)16-5-3-2-4-6-16;3-2(4,5)1(6)7/h2-8,18H,9-14H2,1H3,(H,21,23);(H,6,7). The molecule has 0 saturated carbocycles. The number of carboxylic acid groups (broad SMARTS) is 1. The Balaban J connectivity index is 0.000000339. The van der Waals surface area contributed by atoms with Gasteiger partial charge in [0.15, 0.2) is 0 Å². The van der Waals surface area contributed by atoms with Gasteiger partial charge < -0.3 is 10.4 Å². The van der Waals surface area contributed by atoms with E-state index in [0.717, 1.165) is 32.5 Å². The van der Waals surface area contributed by atoms with Crippen molar-refractivity contribution in [2.75, 3.05) is 13.1 Å². The molecule has 5 nitrogen and oxygen atoms in total. The van der Waals surface area contributed by atoms with Crippen LogP contribution in [0.3, 0.4) is 0 Å². The SMILES string of the molecule is Cc1ccc(CN2CCC3(CC2)NC(=O)CC3c2ccccc2)s1.O=C(O)C(F)(F)F. The molecule has 1 unspecified atom stereocenters. The largest absolute Gasteiger partial charge is 0.490 e. The van der Waals surface area contributed by atoms with Crippen LogP contribution in [-0.2, 0) is 16.1 Å². The zero-order chi connectivity index (χ0) is 22.6. The highest BCUT2D eigenvalue weighted by atomic mass is 32.1. The Hall–Kier alpha value is -2.39. The number of likely N-dealkylation sites (tertiary alicyclic amines) is 1. The van der Waals surface area contributed by atoms with E-state index < -0.39 is 12.1 Å². The van der Waals surface area contributed by atoms with Crippen molar-refractivity contribution in [3.05, 3.63) is 57.8 Å². The molecule has 2 aromatic rings. The predicted molar refractivity (Wildman–Crippen MR) is 112 cm³/mol. The van der Waals surface area contributed by atoms with Crippen LogP contribution in [0, 0.1) is 6.92 Å². The lowest BCUT2D eigenvalue weighted by molar-refractivity contribution is -0.192. The number of aryl methyl sites for hydroxylation is 1. The van der Waals surface area contributed by atoms with Crippen LogP contribution in [0.15, 0.2) is 42.5 Å². The molecule has 9 heteroatoms. The minimum atomic E-state index is -5.08. The Labute approximate surface area is 182 Å². The van der Waals surface area contributed by atoms with Gasteiger partial charge in [0.2, 0.25) is 5.91 Å². The van der Waals surface area contributed by atoms with Crippen molar-refractivity contribution >= 4 is 23.2 Å².